The summed E-state index contributed by atoms with van der Waals surface area (Å²) in [5, 5.41) is 7.46. The molecule has 0 saturated carbocycles. The van der Waals surface area contributed by atoms with Crippen LogP contribution in [0.1, 0.15) is 24.5 Å². The monoisotopic (exact) mass is 265 g/mol. The topological polar surface area (TPSA) is 53.1 Å². The van der Waals surface area contributed by atoms with Crippen LogP contribution in [0.4, 0.5) is 0 Å². The van der Waals surface area contributed by atoms with Crippen molar-refractivity contribution in [3.8, 4) is 0 Å². The Kier molecular flexibility index (Phi) is 6.22. The molecule has 0 saturated heterocycles. The molecule has 18 heavy (non-hydrogen) atoms. The van der Waals surface area contributed by atoms with Crippen molar-refractivity contribution in [2.75, 3.05) is 19.1 Å². The first-order valence-corrected chi connectivity index (χ1v) is 7.60. The molecule has 0 aliphatic rings. The molecule has 1 aromatic rings. The predicted octanol–water partition coefficient (Wildman–Crippen LogP) is 2.54. The first-order chi connectivity index (χ1) is 8.58. The van der Waals surface area contributed by atoms with E-state index in [-0.39, 0.29) is 5.84 Å². The highest BCUT2D eigenvalue weighted by atomic mass is 32.2. The largest absolute Gasteiger partial charge is 0.384 e. The van der Waals surface area contributed by atoms with Gasteiger partial charge >= 0.3 is 0 Å². The van der Waals surface area contributed by atoms with Crippen molar-refractivity contribution in [1.29, 1.82) is 5.41 Å². The van der Waals surface area contributed by atoms with Crippen molar-refractivity contribution >= 4 is 17.6 Å². The van der Waals surface area contributed by atoms with Crippen LogP contribution in [0.5, 0.6) is 0 Å². The van der Waals surface area contributed by atoms with Crippen LogP contribution in [0.25, 0.3) is 0 Å². The van der Waals surface area contributed by atoms with Gasteiger partial charge in [0.15, 0.2) is 0 Å². The quantitative estimate of drug-likeness (QED) is 0.588. The Labute approximate surface area is 114 Å². The van der Waals surface area contributed by atoms with Gasteiger partial charge in [-0.3, -0.25) is 10.3 Å². The Morgan fingerprint density at radius 2 is 2.22 bits per heavy atom. The molecule has 1 unspecified atom stereocenters. The lowest BCUT2D eigenvalue weighted by molar-refractivity contribution is 0.248. The van der Waals surface area contributed by atoms with Crippen molar-refractivity contribution in [3.05, 3.63) is 35.4 Å². The van der Waals surface area contributed by atoms with E-state index in [1.54, 1.807) is 0 Å². The number of hydrogen-bond acceptors (Lipinski definition) is 3. The van der Waals surface area contributed by atoms with Crippen molar-refractivity contribution in [1.82, 2.24) is 4.90 Å². The number of nitrogens with two attached hydrogens (primary N) is 1. The van der Waals surface area contributed by atoms with Gasteiger partial charge in [0.25, 0.3) is 0 Å². The summed E-state index contributed by atoms with van der Waals surface area (Å²) in [6.07, 6.45) is 3.30. The highest BCUT2D eigenvalue weighted by molar-refractivity contribution is 7.98. The maximum Gasteiger partial charge on any atom is 0.122 e. The number of amidine groups is 1. The summed E-state index contributed by atoms with van der Waals surface area (Å²) >= 11 is 1.89. The zero-order chi connectivity index (χ0) is 13.5. The first-order valence-electron chi connectivity index (χ1n) is 6.21. The fourth-order valence-corrected chi connectivity index (χ4v) is 2.88. The van der Waals surface area contributed by atoms with Gasteiger partial charge in [-0.25, -0.2) is 0 Å². The van der Waals surface area contributed by atoms with Crippen LogP contribution in [0.3, 0.4) is 0 Å². The summed E-state index contributed by atoms with van der Waals surface area (Å²) in [6.45, 7) is 3.13. The summed E-state index contributed by atoms with van der Waals surface area (Å²) in [5.74, 6) is 1.29. The third-order valence-corrected chi connectivity index (χ3v) is 3.84. The molecule has 0 heterocycles. The zero-order valence-electron chi connectivity index (χ0n) is 11.4. The van der Waals surface area contributed by atoms with E-state index >= 15 is 0 Å². The van der Waals surface area contributed by atoms with Gasteiger partial charge in [0.1, 0.15) is 5.84 Å². The molecular weight excluding hydrogens is 242 g/mol. The van der Waals surface area contributed by atoms with Gasteiger partial charge in [-0.15, -0.1) is 0 Å². The lowest BCUT2D eigenvalue weighted by Gasteiger charge is -2.26. The summed E-state index contributed by atoms with van der Waals surface area (Å²) in [5.41, 5.74) is 7.53. The molecule has 100 valence electrons. The Hall–Kier alpha value is -1.00. The Balaban J connectivity index is 2.71. The molecule has 0 aliphatic heterocycles. The Bertz CT molecular complexity index is 392. The molecule has 1 atom stereocenters. The van der Waals surface area contributed by atoms with Gasteiger partial charge in [0, 0.05) is 23.9 Å². The smallest absolute Gasteiger partial charge is 0.122 e. The average Bonchev–Trinajstić information content (AvgIpc) is 2.36. The lowest BCUT2D eigenvalue weighted by atomic mass is 10.1. The van der Waals surface area contributed by atoms with E-state index in [4.69, 9.17) is 11.1 Å². The SMILES string of the molecule is CCC(CSC)N(C)Cc1cccc(C(=N)N)c1. The first kappa shape index (κ1) is 15.1. The molecule has 0 amide bonds. The van der Waals surface area contributed by atoms with Gasteiger partial charge in [0.2, 0.25) is 0 Å². The molecule has 0 aromatic heterocycles. The molecule has 4 heteroatoms. The van der Waals surface area contributed by atoms with Crippen molar-refractivity contribution in [3.63, 3.8) is 0 Å². The number of benzene rings is 1. The van der Waals surface area contributed by atoms with Crippen molar-refractivity contribution in [2.24, 2.45) is 5.73 Å². The Morgan fingerprint density at radius 3 is 2.78 bits per heavy atom. The molecule has 3 N–H and O–H groups in total. The van der Waals surface area contributed by atoms with Crippen molar-refractivity contribution in [2.45, 2.75) is 25.9 Å². The molecule has 0 aliphatic carbocycles. The van der Waals surface area contributed by atoms with Crippen LogP contribution in [0, 0.1) is 5.41 Å². The normalized spacial score (nSPS) is 12.7. The number of thioether (sulfide) groups is 1. The number of hydrogen-bond donors (Lipinski definition) is 2. The van der Waals surface area contributed by atoms with E-state index in [0.29, 0.717) is 6.04 Å². The number of nitrogens with zero attached hydrogens (tertiary/aromatic N) is 1. The standard InChI is InChI=1S/C14H23N3S/c1-4-13(10-18-3)17(2)9-11-6-5-7-12(8-11)14(15)16/h5-8,13H,4,9-10H2,1-3H3,(H3,15,16). The van der Waals surface area contributed by atoms with E-state index in [0.717, 1.165) is 24.3 Å². The van der Waals surface area contributed by atoms with E-state index in [2.05, 4.69) is 31.2 Å². The molecule has 0 bridgehead atoms. The second-order valence-electron chi connectivity index (χ2n) is 4.55. The molecule has 1 rings (SSSR count). The third kappa shape index (κ3) is 4.35. The highest BCUT2D eigenvalue weighted by Crippen LogP contribution is 2.13. The maximum atomic E-state index is 7.46. The fraction of sp³-hybridized carbons (Fsp3) is 0.500. The van der Waals surface area contributed by atoms with Crippen LogP contribution >= 0.6 is 11.8 Å². The second kappa shape index (κ2) is 7.44. The van der Waals surface area contributed by atoms with Crippen LogP contribution in [-0.2, 0) is 6.54 Å². The van der Waals surface area contributed by atoms with Gasteiger partial charge in [-0.2, -0.15) is 11.8 Å². The maximum absolute atomic E-state index is 7.46. The summed E-state index contributed by atoms with van der Waals surface area (Å²) < 4.78 is 0. The van der Waals surface area contributed by atoms with Crippen LogP contribution in [0.15, 0.2) is 24.3 Å². The van der Waals surface area contributed by atoms with Crippen molar-refractivity contribution < 1.29 is 0 Å². The van der Waals surface area contributed by atoms with Gasteiger partial charge in [-0.1, -0.05) is 25.1 Å². The molecule has 0 radical (unpaired) electrons. The number of nitrogen functional groups attached to an aromatic ring is 1. The molecule has 1 aromatic carbocycles. The minimum atomic E-state index is 0.135. The van der Waals surface area contributed by atoms with E-state index < -0.39 is 0 Å². The second-order valence-corrected chi connectivity index (χ2v) is 5.46. The summed E-state index contributed by atoms with van der Waals surface area (Å²) in [6, 6.07) is 8.54. The Morgan fingerprint density at radius 1 is 1.50 bits per heavy atom. The average molecular weight is 265 g/mol. The van der Waals surface area contributed by atoms with E-state index in [1.165, 1.54) is 5.56 Å². The lowest BCUT2D eigenvalue weighted by Crippen LogP contribution is -2.32. The minimum absolute atomic E-state index is 0.135. The predicted molar refractivity (Wildman–Crippen MR) is 81.4 cm³/mol. The fourth-order valence-electron chi connectivity index (χ4n) is 2.00. The molecule has 0 fully saturated rings. The van der Waals surface area contributed by atoms with E-state index in [1.807, 2.05) is 30.0 Å². The summed E-state index contributed by atoms with van der Waals surface area (Å²) in [4.78, 5) is 2.37. The highest BCUT2D eigenvalue weighted by Gasteiger charge is 2.12. The van der Waals surface area contributed by atoms with Crippen LogP contribution in [-0.4, -0.2) is 35.8 Å². The van der Waals surface area contributed by atoms with Crippen LogP contribution in [0.2, 0.25) is 0 Å². The minimum Gasteiger partial charge on any atom is -0.384 e. The number of rotatable bonds is 7. The molecule has 3 nitrogen and oxygen atoms in total. The zero-order valence-corrected chi connectivity index (χ0v) is 12.3. The molecular formula is C14H23N3S. The third-order valence-electron chi connectivity index (χ3n) is 3.12. The van der Waals surface area contributed by atoms with Gasteiger partial charge in [0.05, 0.1) is 0 Å². The number of nitrogens with one attached hydrogen (secondary N) is 1. The van der Waals surface area contributed by atoms with E-state index in [9.17, 15) is 0 Å². The van der Waals surface area contributed by atoms with Crippen LogP contribution < -0.4 is 5.73 Å². The summed E-state index contributed by atoms with van der Waals surface area (Å²) in [7, 11) is 2.16. The van der Waals surface area contributed by atoms with Gasteiger partial charge < -0.3 is 5.73 Å². The molecule has 0 spiro atoms. The van der Waals surface area contributed by atoms with Gasteiger partial charge in [-0.05, 0) is 31.4 Å².